The highest BCUT2D eigenvalue weighted by Crippen LogP contribution is 2.13. The van der Waals surface area contributed by atoms with Crippen molar-refractivity contribution in [2.75, 3.05) is 19.7 Å². The van der Waals surface area contributed by atoms with E-state index in [-0.39, 0.29) is 12.5 Å². The first-order valence-corrected chi connectivity index (χ1v) is 7.52. The van der Waals surface area contributed by atoms with Gasteiger partial charge in [0.1, 0.15) is 5.75 Å². The Labute approximate surface area is 130 Å². The zero-order valence-electron chi connectivity index (χ0n) is 13.0. The summed E-state index contributed by atoms with van der Waals surface area (Å²) in [7, 11) is 0. The molecule has 120 valence electrons. The lowest BCUT2D eigenvalue weighted by atomic mass is 10.1. The Morgan fingerprint density at radius 2 is 2.00 bits per heavy atom. The third-order valence-corrected chi connectivity index (χ3v) is 3.61. The topological polar surface area (TPSA) is 84.7 Å². The van der Waals surface area contributed by atoms with Crippen molar-refractivity contribution in [3.63, 3.8) is 0 Å². The number of nitrogens with one attached hydrogen (secondary N) is 1. The van der Waals surface area contributed by atoms with E-state index in [9.17, 15) is 9.59 Å². The maximum absolute atomic E-state index is 12.2. The summed E-state index contributed by atoms with van der Waals surface area (Å²) in [6.45, 7) is 5.87. The molecule has 1 aromatic carbocycles. The number of hydrogen-bond acceptors (Lipinski definition) is 4. The summed E-state index contributed by atoms with van der Waals surface area (Å²) in [5, 5.41) is 3.39. The maximum Gasteiger partial charge on any atom is 0.248 e. The average Bonchev–Trinajstić information content (AvgIpc) is 2.46. The van der Waals surface area contributed by atoms with E-state index in [0.717, 1.165) is 13.1 Å². The van der Waals surface area contributed by atoms with Crippen molar-refractivity contribution in [1.29, 1.82) is 0 Å². The fourth-order valence-electron chi connectivity index (χ4n) is 2.68. The molecule has 0 saturated carbocycles. The van der Waals surface area contributed by atoms with Gasteiger partial charge in [0.15, 0.2) is 0 Å². The van der Waals surface area contributed by atoms with Crippen LogP contribution in [0.1, 0.15) is 30.6 Å². The average molecular weight is 305 g/mol. The van der Waals surface area contributed by atoms with E-state index in [0.29, 0.717) is 29.8 Å². The van der Waals surface area contributed by atoms with Crippen LogP contribution < -0.4 is 15.8 Å². The fraction of sp³-hybridized carbons (Fsp3) is 0.500. The van der Waals surface area contributed by atoms with Gasteiger partial charge >= 0.3 is 0 Å². The van der Waals surface area contributed by atoms with Gasteiger partial charge in [-0.1, -0.05) is 6.07 Å². The molecule has 1 aliphatic rings. The Balaban J connectivity index is 1.82. The van der Waals surface area contributed by atoms with Crippen LogP contribution >= 0.6 is 0 Å². The molecule has 0 bridgehead atoms. The molecular weight excluding hydrogens is 282 g/mol. The van der Waals surface area contributed by atoms with Gasteiger partial charge in [-0.2, -0.15) is 0 Å². The van der Waals surface area contributed by atoms with Crippen LogP contribution in [0.15, 0.2) is 24.3 Å². The van der Waals surface area contributed by atoms with E-state index in [1.807, 2.05) is 4.90 Å². The van der Waals surface area contributed by atoms with Gasteiger partial charge < -0.3 is 20.7 Å². The molecule has 22 heavy (non-hydrogen) atoms. The predicted octanol–water partition coefficient (Wildman–Crippen LogP) is 0.763. The van der Waals surface area contributed by atoms with Crippen LogP contribution in [-0.2, 0) is 4.79 Å². The lowest BCUT2D eigenvalue weighted by Gasteiger charge is -2.36. The third-order valence-electron chi connectivity index (χ3n) is 3.61. The number of amides is 2. The molecule has 1 aliphatic heterocycles. The Bertz CT molecular complexity index is 537. The van der Waals surface area contributed by atoms with Crippen LogP contribution in [0.3, 0.4) is 0 Å². The zero-order chi connectivity index (χ0) is 16.1. The number of carbonyl (C=O) groups excluding carboxylic acids is 2. The second-order valence-corrected chi connectivity index (χ2v) is 5.76. The summed E-state index contributed by atoms with van der Waals surface area (Å²) in [5.74, 6) is 0.141. The molecule has 6 heteroatoms. The van der Waals surface area contributed by atoms with E-state index in [4.69, 9.17) is 10.5 Å². The first-order valence-electron chi connectivity index (χ1n) is 7.52. The van der Waals surface area contributed by atoms with E-state index >= 15 is 0 Å². The number of benzene rings is 1. The quantitative estimate of drug-likeness (QED) is 0.841. The lowest BCUT2D eigenvalue weighted by molar-refractivity contribution is -0.133. The number of hydrogen-bond donors (Lipinski definition) is 2. The number of primary amides is 1. The van der Waals surface area contributed by atoms with Crippen molar-refractivity contribution < 1.29 is 14.3 Å². The van der Waals surface area contributed by atoms with E-state index in [2.05, 4.69) is 19.2 Å². The molecule has 2 amide bonds. The maximum atomic E-state index is 12.2. The Morgan fingerprint density at radius 1 is 1.32 bits per heavy atom. The summed E-state index contributed by atoms with van der Waals surface area (Å²) in [4.78, 5) is 25.2. The molecule has 0 radical (unpaired) electrons. The summed E-state index contributed by atoms with van der Waals surface area (Å²) < 4.78 is 5.54. The summed E-state index contributed by atoms with van der Waals surface area (Å²) in [5.41, 5.74) is 5.62. The minimum Gasteiger partial charge on any atom is -0.493 e. The molecule has 1 saturated heterocycles. The Hall–Kier alpha value is -2.08. The van der Waals surface area contributed by atoms with Crippen molar-refractivity contribution in [2.45, 2.75) is 32.4 Å². The van der Waals surface area contributed by atoms with Crippen LogP contribution in [0, 0.1) is 0 Å². The van der Waals surface area contributed by atoms with Gasteiger partial charge in [-0.15, -0.1) is 0 Å². The smallest absolute Gasteiger partial charge is 0.248 e. The van der Waals surface area contributed by atoms with Crippen LogP contribution in [0.4, 0.5) is 0 Å². The van der Waals surface area contributed by atoms with Crippen LogP contribution in [0.2, 0.25) is 0 Å². The molecule has 6 nitrogen and oxygen atoms in total. The first-order chi connectivity index (χ1) is 10.5. The number of carbonyl (C=O) groups is 2. The van der Waals surface area contributed by atoms with Gasteiger partial charge in [-0.05, 0) is 32.0 Å². The number of piperazine rings is 1. The molecule has 0 aromatic heterocycles. The molecule has 3 N–H and O–H groups in total. The minimum atomic E-state index is -0.495. The highest BCUT2D eigenvalue weighted by Gasteiger charge is 2.24. The van der Waals surface area contributed by atoms with Crippen LogP contribution in [-0.4, -0.2) is 48.5 Å². The van der Waals surface area contributed by atoms with Crippen molar-refractivity contribution in [3.8, 4) is 5.75 Å². The molecule has 1 heterocycles. The molecule has 1 aromatic rings. The Kier molecular flexibility index (Phi) is 5.38. The number of nitrogens with zero attached hydrogens (tertiary/aromatic N) is 1. The molecule has 2 unspecified atom stereocenters. The van der Waals surface area contributed by atoms with Gasteiger partial charge in [0, 0.05) is 30.7 Å². The van der Waals surface area contributed by atoms with Crippen molar-refractivity contribution in [2.24, 2.45) is 5.73 Å². The third kappa shape index (κ3) is 4.46. The van der Waals surface area contributed by atoms with Crippen LogP contribution in [0.5, 0.6) is 5.75 Å². The second-order valence-electron chi connectivity index (χ2n) is 5.76. The van der Waals surface area contributed by atoms with E-state index < -0.39 is 5.91 Å². The fourth-order valence-corrected chi connectivity index (χ4v) is 2.68. The highest BCUT2D eigenvalue weighted by atomic mass is 16.5. The van der Waals surface area contributed by atoms with Gasteiger partial charge in [-0.25, -0.2) is 0 Å². The molecule has 1 fully saturated rings. The van der Waals surface area contributed by atoms with Gasteiger partial charge in [0.2, 0.25) is 11.8 Å². The van der Waals surface area contributed by atoms with Gasteiger partial charge in [-0.3, -0.25) is 9.59 Å². The highest BCUT2D eigenvalue weighted by molar-refractivity contribution is 5.93. The Morgan fingerprint density at radius 3 is 2.64 bits per heavy atom. The van der Waals surface area contributed by atoms with E-state index in [1.54, 1.807) is 24.3 Å². The number of rotatable bonds is 5. The molecule has 0 aliphatic carbocycles. The van der Waals surface area contributed by atoms with Crippen molar-refractivity contribution in [3.05, 3.63) is 29.8 Å². The van der Waals surface area contributed by atoms with Crippen LogP contribution in [0.25, 0.3) is 0 Å². The van der Waals surface area contributed by atoms with E-state index in [1.165, 1.54) is 0 Å². The second kappa shape index (κ2) is 7.26. The monoisotopic (exact) mass is 305 g/mol. The standard InChI is InChI=1S/C16H23N3O3/c1-11-9-19(10-12(2)18-11)15(20)6-7-22-14-5-3-4-13(8-14)16(17)21/h3-5,8,11-12,18H,6-7,9-10H2,1-2H3,(H2,17,21). The predicted molar refractivity (Wildman–Crippen MR) is 83.7 cm³/mol. The zero-order valence-corrected chi connectivity index (χ0v) is 13.0. The summed E-state index contributed by atoms with van der Waals surface area (Å²) >= 11 is 0. The molecule has 2 atom stereocenters. The van der Waals surface area contributed by atoms with Gasteiger partial charge in [0.05, 0.1) is 13.0 Å². The van der Waals surface area contributed by atoms with Crippen molar-refractivity contribution in [1.82, 2.24) is 10.2 Å². The molecular formula is C16H23N3O3. The summed E-state index contributed by atoms with van der Waals surface area (Å²) in [6.07, 6.45) is 0.320. The van der Waals surface area contributed by atoms with Crippen molar-refractivity contribution >= 4 is 11.8 Å². The number of nitrogens with two attached hydrogens (primary N) is 1. The first kappa shape index (κ1) is 16.3. The minimum absolute atomic E-state index is 0.0891. The molecule has 2 rings (SSSR count). The van der Waals surface area contributed by atoms with Gasteiger partial charge in [0.25, 0.3) is 0 Å². The largest absolute Gasteiger partial charge is 0.493 e. The molecule has 0 spiro atoms. The normalized spacial score (nSPS) is 21.5. The number of ether oxygens (including phenoxy) is 1. The summed E-state index contributed by atoms with van der Waals surface area (Å²) in [6, 6.07) is 7.27. The SMILES string of the molecule is CC1CN(C(=O)CCOc2cccc(C(N)=O)c2)CC(C)N1. The lowest BCUT2D eigenvalue weighted by Crippen LogP contribution is -2.56.